The van der Waals surface area contributed by atoms with E-state index in [0.717, 1.165) is 55.3 Å². The molecule has 0 saturated heterocycles. The van der Waals surface area contributed by atoms with Crippen molar-refractivity contribution in [3.05, 3.63) is 119 Å². The summed E-state index contributed by atoms with van der Waals surface area (Å²) in [4.78, 5) is 52.9. The number of benzene rings is 4. The summed E-state index contributed by atoms with van der Waals surface area (Å²) >= 11 is 2.30. The Labute approximate surface area is 293 Å². The summed E-state index contributed by atoms with van der Waals surface area (Å²) < 4.78 is 8.68. The molecule has 0 saturated carbocycles. The van der Waals surface area contributed by atoms with E-state index >= 15 is 0 Å². The van der Waals surface area contributed by atoms with E-state index in [1.807, 2.05) is 97.1 Å². The van der Waals surface area contributed by atoms with Crippen LogP contribution >= 0.6 is 21.6 Å². The molecule has 48 heavy (non-hydrogen) atoms. The summed E-state index contributed by atoms with van der Waals surface area (Å²) in [5, 5.41) is 9.34. The Morgan fingerprint density at radius 2 is 1.04 bits per heavy atom. The second-order valence-corrected chi connectivity index (χ2v) is 14.9. The number of carboxylic acid groups (broad SMARTS) is 1. The number of fused-ring (bicyclic) bond motifs is 6. The number of nitrogens with two attached hydrogens (primary N) is 2. The molecular weight excluding hydrogens is 715 g/mol. The first-order valence-corrected chi connectivity index (χ1v) is 18.3. The Morgan fingerprint density at radius 3 is 1.38 bits per heavy atom. The second kappa shape index (κ2) is 14.3. The van der Waals surface area contributed by atoms with Gasteiger partial charge in [-0.3, -0.25) is 0 Å². The summed E-state index contributed by atoms with van der Waals surface area (Å²) in [6.07, 6.45) is 0. The van der Waals surface area contributed by atoms with Crippen LogP contribution in [0.4, 0.5) is 0 Å². The van der Waals surface area contributed by atoms with Crippen LogP contribution in [0.5, 0.6) is 0 Å². The Balaban J connectivity index is 1.31. The van der Waals surface area contributed by atoms with E-state index in [4.69, 9.17) is 20.9 Å². The number of ether oxygens (including phenoxy) is 2. The van der Waals surface area contributed by atoms with Gasteiger partial charge in [-0.1, -0.05) is 0 Å². The minimum atomic E-state index is -2.39. The van der Waals surface area contributed by atoms with Crippen LogP contribution in [-0.2, 0) is 28.7 Å². The first kappa shape index (κ1) is 34.0. The van der Waals surface area contributed by atoms with E-state index in [-0.39, 0.29) is 30.8 Å². The molecule has 0 aliphatic heterocycles. The molecule has 12 heteroatoms. The summed E-state index contributed by atoms with van der Waals surface area (Å²) in [5.41, 5.74) is 20.0. The third-order valence-electron chi connectivity index (χ3n) is 8.74. The number of esters is 2. The third-order valence-corrected chi connectivity index (χ3v) is 12.3. The molecule has 0 aromatic heterocycles. The van der Waals surface area contributed by atoms with Gasteiger partial charge in [0, 0.05) is 0 Å². The monoisotopic (exact) mass is 747 g/mol. The zero-order valence-electron chi connectivity index (χ0n) is 25.4. The van der Waals surface area contributed by atoms with E-state index in [1.54, 1.807) is 0 Å². The molecule has 1 radical (unpaired) electrons. The van der Waals surface area contributed by atoms with Crippen molar-refractivity contribution in [3.8, 4) is 22.3 Å². The fraction of sp³-hybridized carbons (Fsp3) is 0.222. The number of hydrogen-bond acceptors (Lipinski definition) is 10. The van der Waals surface area contributed by atoms with Gasteiger partial charge in [-0.2, -0.15) is 0 Å². The molecular formula is C36H31N2O7S2Se. The number of carbonyl (C=O) groups excluding carboxylic acids is 3. The molecule has 245 valence electrons. The maximum absolute atomic E-state index is 14.3. The van der Waals surface area contributed by atoms with Crippen LogP contribution in [-0.4, -0.2) is 79.5 Å². The number of aliphatic carboxylic acids is 1. The number of carbonyl (C=O) groups is 4. The molecule has 9 nitrogen and oxygen atoms in total. The van der Waals surface area contributed by atoms with Crippen molar-refractivity contribution in [2.75, 3.05) is 19.0 Å². The van der Waals surface area contributed by atoms with Gasteiger partial charge in [0.2, 0.25) is 0 Å². The predicted octanol–water partition coefficient (Wildman–Crippen LogP) is 4.25. The van der Waals surface area contributed by atoms with Gasteiger partial charge < -0.3 is 0 Å². The summed E-state index contributed by atoms with van der Waals surface area (Å²) in [6, 6.07) is 28.2. The average Bonchev–Trinajstić information content (AvgIpc) is 3.60. The standard InChI is InChI=1S/C36H31N2O7S2Se/c37-30(32(39)40)19-46-47-36(31(38)33(41)48,34(42)44-17-28-24-13-5-1-9-20(24)21-10-2-6-14-25(21)28)35(43)45-18-29-26-15-7-3-11-22(26)23-12-4-8-16-27(23)29/h1-16,28-31H,17-19,37-38H2,(H,39,40). The zero-order chi connectivity index (χ0) is 34.0. The Kier molecular flexibility index (Phi) is 10.1. The molecule has 0 amide bonds. The van der Waals surface area contributed by atoms with Crippen LogP contribution in [0.3, 0.4) is 0 Å². The summed E-state index contributed by atoms with van der Waals surface area (Å²) in [5.74, 6) is -4.26. The van der Waals surface area contributed by atoms with Crippen LogP contribution in [0.2, 0.25) is 0 Å². The average molecular weight is 747 g/mol. The van der Waals surface area contributed by atoms with Crippen LogP contribution in [0, 0.1) is 0 Å². The van der Waals surface area contributed by atoms with Crippen LogP contribution in [0.1, 0.15) is 34.1 Å². The normalized spacial score (nSPS) is 14.6. The van der Waals surface area contributed by atoms with Gasteiger partial charge in [-0.15, -0.1) is 0 Å². The number of carboxylic acids is 1. The van der Waals surface area contributed by atoms with Gasteiger partial charge in [-0.25, -0.2) is 0 Å². The number of rotatable bonds is 13. The fourth-order valence-corrected chi connectivity index (χ4v) is 9.77. The Hall–Kier alpha value is -3.90. The predicted molar refractivity (Wildman–Crippen MR) is 186 cm³/mol. The van der Waals surface area contributed by atoms with Crippen molar-refractivity contribution >= 4 is 60.2 Å². The van der Waals surface area contributed by atoms with E-state index < -0.39 is 39.4 Å². The van der Waals surface area contributed by atoms with Crippen LogP contribution in [0.15, 0.2) is 97.1 Å². The van der Waals surface area contributed by atoms with Crippen molar-refractivity contribution in [2.24, 2.45) is 11.5 Å². The molecule has 4 aromatic rings. The molecule has 0 fully saturated rings. The quantitative estimate of drug-likeness (QED) is 0.0778. The van der Waals surface area contributed by atoms with Crippen LogP contribution < -0.4 is 11.5 Å². The topological polar surface area (TPSA) is 159 Å². The van der Waals surface area contributed by atoms with Crippen molar-refractivity contribution in [1.29, 1.82) is 0 Å². The van der Waals surface area contributed by atoms with Crippen molar-refractivity contribution in [1.82, 2.24) is 0 Å². The maximum atomic E-state index is 14.3. The molecule has 0 bridgehead atoms. The van der Waals surface area contributed by atoms with Crippen LogP contribution in [0.25, 0.3) is 22.3 Å². The van der Waals surface area contributed by atoms with E-state index in [2.05, 4.69) is 16.0 Å². The minimum absolute atomic E-state index is 0.139. The Bertz CT molecular complexity index is 1700. The molecule has 4 aromatic carbocycles. The fourth-order valence-electron chi connectivity index (χ4n) is 6.31. The van der Waals surface area contributed by atoms with Gasteiger partial charge in [0.05, 0.1) is 0 Å². The van der Waals surface area contributed by atoms with Gasteiger partial charge in [0.15, 0.2) is 0 Å². The first-order valence-electron chi connectivity index (χ1n) is 15.1. The van der Waals surface area contributed by atoms with Crippen molar-refractivity contribution < 1.29 is 33.8 Å². The zero-order valence-corrected chi connectivity index (χ0v) is 28.8. The van der Waals surface area contributed by atoms with Crippen molar-refractivity contribution in [3.63, 3.8) is 0 Å². The number of hydrogen-bond donors (Lipinski definition) is 3. The van der Waals surface area contributed by atoms with E-state index in [1.165, 1.54) is 0 Å². The second-order valence-electron chi connectivity index (χ2n) is 11.5. The van der Waals surface area contributed by atoms with Gasteiger partial charge >= 0.3 is 295 Å². The molecule has 2 unspecified atom stereocenters. The molecule has 6 rings (SSSR count). The molecule has 2 atom stereocenters. The molecule has 5 N–H and O–H groups in total. The molecule has 0 heterocycles. The van der Waals surface area contributed by atoms with Gasteiger partial charge in [-0.05, 0) is 0 Å². The molecule has 0 spiro atoms. The first-order chi connectivity index (χ1) is 23.1. The van der Waals surface area contributed by atoms with E-state index in [0.29, 0.717) is 10.8 Å². The van der Waals surface area contributed by atoms with E-state index in [9.17, 15) is 24.3 Å². The molecule has 2 aliphatic rings. The molecule has 2 aliphatic carbocycles. The SMILES string of the molecule is NC(CSSC(C(=O)OCC1c2ccccc2-c2ccccc21)(C(=O)OCC1c2ccccc2-c2ccccc21)C(N)C(=O)[Se])C(=O)O. The third kappa shape index (κ3) is 6.20. The van der Waals surface area contributed by atoms with Crippen molar-refractivity contribution in [2.45, 2.75) is 28.7 Å². The summed E-state index contributed by atoms with van der Waals surface area (Å²) in [7, 11) is 1.47. The summed E-state index contributed by atoms with van der Waals surface area (Å²) in [6.45, 7) is -0.279. The van der Waals surface area contributed by atoms with Gasteiger partial charge in [0.1, 0.15) is 0 Å². The Morgan fingerprint density at radius 1 is 0.688 bits per heavy atom. The van der Waals surface area contributed by atoms with Gasteiger partial charge in [0.25, 0.3) is 0 Å².